The van der Waals surface area contributed by atoms with Gasteiger partial charge in [-0.25, -0.2) is 4.99 Å². The molecule has 0 aromatic heterocycles. The third kappa shape index (κ3) is 27.4. The zero-order valence-electron chi connectivity index (χ0n) is 42.3. The molecule has 0 unspecified atom stereocenters. The van der Waals surface area contributed by atoms with Gasteiger partial charge in [0, 0.05) is 94.4 Å². The summed E-state index contributed by atoms with van der Waals surface area (Å²) in [4.78, 5) is 37.4. The second kappa shape index (κ2) is 34.3. The van der Waals surface area contributed by atoms with Gasteiger partial charge in [-0.05, 0) is 62.8 Å². The minimum absolute atomic E-state index is 0.306. The van der Waals surface area contributed by atoms with Gasteiger partial charge in [0.05, 0.1) is 18.8 Å². The summed E-state index contributed by atoms with van der Waals surface area (Å²) >= 11 is 0. The monoisotopic (exact) mass is 943 g/mol. The molecule has 0 aliphatic heterocycles. The van der Waals surface area contributed by atoms with E-state index in [1.807, 2.05) is 56.4 Å². The summed E-state index contributed by atoms with van der Waals surface area (Å²) in [5.41, 5.74) is 0.906. The summed E-state index contributed by atoms with van der Waals surface area (Å²) in [6.07, 6.45) is 17.3. The van der Waals surface area contributed by atoms with Crippen LogP contribution >= 0.6 is 0 Å². The molecular formula is C50H85F3N12O2. The molecule has 1 amide bonds. The van der Waals surface area contributed by atoms with Crippen LogP contribution in [0.3, 0.4) is 0 Å². The van der Waals surface area contributed by atoms with Gasteiger partial charge in [-0.3, -0.25) is 25.1 Å². The normalized spacial score (nSPS) is 14.1. The molecule has 2 aromatic rings. The predicted octanol–water partition coefficient (Wildman–Crippen LogP) is 8.97. The molecule has 17 heteroatoms. The van der Waals surface area contributed by atoms with E-state index in [-0.39, 0.29) is 5.96 Å². The number of carbonyl (C=O) groups is 1. The van der Waals surface area contributed by atoms with E-state index in [4.69, 9.17) is 4.74 Å². The maximum Gasteiger partial charge on any atom is 0.471 e. The van der Waals surface area contributed by atoms with E-state index in [1.165, 1.54) is 109 Å². The number of ether oxygens (including phenoxy) is 1. The quantitative estimate of drug-likeness (QED) is 0.0697. The number of rotatable bonds is 17. The number of guanidine groups is 4. The number of aliphatic imine (C=N–C) groups is 4. The van der Waals surface area contributed by atoms with Crippen molar-refractivity contribution in [2.45, 2.75) is 127 Å². The van der Waals surface area contributed by atoms with Crippen molar-refractivity contribution in [2.24, 2.45) is 20.0 Å². The topological polar surface area (TPSA) is 137 Å². The van der Waals surface area contributed by atoms with Crippen molar-refractivity contribution in [1.29, 1.82) is 0 Å². The first-order chi connectivity index (χ1) is 32.1. The molecule has 4 N–H and O–H groups in total. The predicted molar refractivity (Wildman–Crippen MR) is 274 cm³/mol. The fourth-order valence-electron chi connectivity index (χ4n) is 7.65. The average Bonchev–Trinajstić information content (AvgIpc) is 3.29. The SMILES string of the molecule is CN(C)C(=NCCCCCCCCCN=C(N(C)C)N(C)C)N(C)C.COCCN=C(NC1CCCCC1)NC1CCCCC1.O=C(NC(=Nc1ccccc1)Nc1ccccc1)C(F)(F)F. The van der Waals surface area contributed by atoms with Crippen LogP contribution in [0.25, 0.3) is 0 Å². The number of anilines is 1. The number of hydrogen-bond acceptors (Lipinski definition) is 6. The molecule has 0 spiro atoms. The van der Waals surface area contributed by atoms with E-state index in [0.717, 1.165) is 37.5 Å². The maximum absolute atomic E-state index is 12.4. The number of nitrogens with one attached hydrogen (secondary N) is 4. The van der Waals surface area contributed by atoms with E-state index < -0.39 is 12.1 Å². The summed E-state index contributed by atoms with van der Waals surface area (Å²) < 4.78 is 42.3. The van der Waals surface area contributed by atoms with Crippen LogP contribution in [-0.4, -0.2) is 157 Å². The lowest BCUT2D eigenvalue weighted by Crippen LogP contribution is -2.48. The number of methoxy groups -OCH3 is 1. The molecule has 2 aromatic carbocycles. The van der Waals surface area contributed by atoms with Gasteiger partial charge in [-0.15, -0.1) is 0 Å². The highest BCUT2D eigenvalue weighted by atomic mass is 19.4. The molecule has 0 heterocycles. The van der Waals surface area contributed by atoms with Crippen LogP contribution in [0.5, 0.6) is 0 Å². The summed E-state index contributed by atoms with van der Waals surface area (Å²) in [6.45, 7) is 3.30. The number of amides is 1. The zero-order valence-corrected chi connectivity index (χ0v) is 42.3. The van der Waals surface area contributed by atoms with Crippen molar-refractivity contribution in [3.63, 3.8) is 0 Å². The number of para-hydroxylation sites is 2. The smallest absolute Gasteiger partial charge is 0.383 e. The van der Waals surface area contributed by atoms with Crippen LogP contribution < -0.4 is 21.3 Å². The Kier molecular flexibility index (Phi) is 29.7. The van der Waals surface area contributed by atoms with Crippen LogP contribution in [0.2, 0.25) is 0 Å². The van der Waals surface area contributed by atoms with Gasteiger partial charge in [0.15, 0.2) is 17.9 Å². The van der Waals surface area contributed by atoms with Crippen molar-refractivity contribution < 1.29 is 22.7 Å². The largest absolute Gasteiger partial charge is 0.471 e. The Morgan fingerprint density at radius 1 is 0.582 bits per heavy atom. The highest BCUT2D eigenvalue weighted by molar-refractivity contribution is 6.06. The molecule has 2 saturated carbocycles. The molecule has 4 rings (SSSR count). The van der Waals surface area contributed by atoms with Crippen LogP contribution in [0.4, 0.5) is 24.5 Å². The standard InChI is InChI=1S/C19H42N6.C16H31N3O.C15H12F3N3O/c1-22(2)18(23(3)4)20-16-14-12-10-9-11-13-15-17-21-19(24(5)6)25(7)8;1-20-13-12-17-16(18-14-8-4-2-5-9-14)19-15-10-6-3-7-11-15;16-15(17,18)13(22)21-14(19-11-7-3-1-4-8-11)20-12-9-5-2-6-10-12/h9-17H2,1-8H3;14-15H,2-13H2,1H3,(H2,17,18,19);1-10H,(H2,19,20,21,22). The minimum atomic E-state index is -4.99. The molecule has 378 valence electrons. The number of carbonyl (C=O) groups excluding carboxylic acids is 1. The summed E-state index contributed by atoms with van der Waals surface area (Å²) in [6, 6.07) is 18.0. The summed E-state index contributed by atoms with van der Waals surface area (Å²) in [7, 11) is 18.1. The first kappa shape index (κ1) is 58.1. The van der Waals surface area contributed by atoms with Crippen molar-refractivity contribution in [1.82, 2.24) is 35.6 Å². The third-order valence-electron chi connectivity index (χ3n) is 10.9. The molecule has 2 fully saturated rings. The Hall–Kier alpha value is -5.06. The molecule has 14 nitrogen and oxygen atoms in total. The first-order valence-corrected chi connectivity index (χ1v) is 24.3. The van der Waals surface area contributed by atoms with Crippen LogP contribution in [0.15, 0.2) is 80.6 Å². The number of hydrogen-bond donors (Lipinski definition) is 4. The lowest BCUT2D eigenvalue weighted by molar-refractivity contribution is -0.171. The fourth-order valence-corrected chi connectivity index (χ4v) is 7.65. The molecule has 0 saturated heterocycles. The van der Waals surface area contributed by atoms with Crippen LogP contribution in [0.1, 0.15) is 109 Å². The van der Waals surface area contributed by atoms with E-state index in [2.05, 4.69) is 55.5 Å². The van der Waals surface area contributed by atoms with Gasteiger partial charge in [-0.2, -0.15) is 13.2 Å². The Morgan fingerprint density at radius 2 is 1.00 bits per heavy atom. The van der Waals surface area contributed by atoms with Gasteiger partial charge in [0.1, 0.15) is 0 Å². The van der Waals surface area contributed by atoms with Crippen molar-refractivity contribution in [2.75, 3.05) is 95.0 Å². The minimum Gasteiger partial charge on any atom is -0.383 e. The second-order valence-corrected chi connectivity index (χ2v) is 17.8. The Balaban J connectivity index is 0.000000347. The van der Waals surface area contributed by atoms with Crippen LogP contribution in [-0.2, 0) is 9.53 Å². The van der Waals surface area contributed by atoms with E-state index >= 15 is 0 Å². The highest BCUT2D eigenvalue weighted by Gasteiger charge is 2.39. The lowest BCUT2D eigenvalue weighted by Gasteiger charge is -2.29. The van der Waals surface area contributed by atoms with Crippen LogP contribution in [0, 0.1) is 0 Å². The summed E-state index contributed by atoms with van der Waals surface area (Å²) in [5, 5.41) is 11.7. The maximum atomic E-state index is 12.4. The van der Waals surface area contributed by atoms with Gasteiger partial charge in [0.2, 0.25) is 5.96 Å². The van der Waals surface area contributed by atoms with Gasteiger partial charge >= 0.3 is 12.1 Å². The zero-order chi connectivity index (χ0) is 49.3. The molecule has 2 aliphatic rings. The number of unbranched alkanes of at least 4 members (excludes halogenated alkanes) is 6. The molecule has 0 bridgehead atoms. The number of nitrogens with zero attached hydrogens (tertiary/aromatic N) is 8. The van der Waals surface area contributed by atoms with Crippen molar-refractivity contribution >= 4 is 41.1 Å². The van der Waals surface area contributed by atoms with E-state index in [9.17, 15) is 18.0 Å². The number of halogens is 3. The van der Waals surface area contributed by atoms with Gasteiger partial charge < -0.3 is 40.3 Å². The highest BCUT2D eigenvalue weighted by Crippen LogP contribution is 2.20. The Morgan fingerprint density at radius 3 is 1.40 bits per heavy atom. The average molecular weight is 943 g/mol. The molecular weight excluding hydrogens is 858 g/mol. The number of benzene rings is 2. The first-order valence-electron chi connectivity index (χ1n) is 24.3. The molecule has 2 aliphatic carbocycles. The van der Waals surface area contributed by atoms with Crippen molar-refractivity contribution in [3.8, 4) is 0 Å². The van der Waals surface area contributed by atoms with Crippen molar-refractivity contribution in [3.05, 3.63) is 60.7 Å². The second-order valence-electron chi connectivity index (χ2n) is 17.8. The summed E-state index contributed by atoms with van der Waals surface area (Å²) in [5.74, 6) is 0.719. The van der Waals surface area contributed by atoms with E-state index in [1.54, 1.807) is 73.1 Å². The Labute approximate surface area is 401 Å². The fraction of sp³-hybridized carbons (Fsp3) is 0.660. The Bertz CT molecular complexity index is 1630. The number of alkyl halides is 3. The molecule has 0 radical (unpaired) electrons. The van der Waals surface area contributed by atoms with Gasteiger partial charge in [0.25, 0.3) is 0 Å². The van der Waals surface area contributed by atoms with Gasteiger partial charge in [-0.1, -0.05) is 107 Å². The lowest BCUT2D eigenvalue weighted by atomic mass is 9.95. The third-order valence-corrected chi connectivity index (χ3v) is 10.9. The molecule has 0 atom stereocenters. The van der Waals surface area contributed by atoms with E-state index in [0.29, 0.717) is 30.1 Å². The molecule has 67 heavy (non-hydrogen) atoms.